The lowest BCUT2D eigenvalue weighted by Crippen LogP contribution is -2.18. The lowest BCUT2D eigenvalue weighted by Gasteiger charge is -2.13. The SMILES string of the molecule is Cc1ccc(C(N)COc2cccc(C(C)C)c2)o1. The molecular formula is C16H21NO2. The third-order valence-electron chi connectivity index (χ3n) is 3.08. The van der Waals surface area contributed by atoms with Crippen LogP contribution in [0.3, 0.4) is 0 Å². The van der Waals surface area contributed by atoms with Gasteiger partial charge in [0, 0.05) is 0 Å². The van der Waals surface area contributed by atoms with E-state index in [4.69, 9.17) is 14.9 Å². The smallest absolute Gasteiger partial charge is 0.124 e. The van der Waals surface area contributed by atoms with Gasteiger partial charge in [-0.1, -0.05) is 26.0 Å². The number of hydrogen-bond donors (Lipinski definition) is 1. The Balaban J connectivity index is 1.96. The van der Waals surface area contributed by atoms with Crippen molar-refractivity contribution in [3.05, 3.63) is 53.5 Å². The maximum absolute atomic E-state index is 6.04. The van der Waals surface area contributed by atoms with Crippen LogP contribution in [0.15, 0.2) is 40.8 Å². The van der Waals surface area contributed by atoms with E-state index in [2.05, 4.69) is 26.0 Å². The second-order valence-corrected chi connectivity index (χ2v) is 5.09. The molecule has 1 aromatic carbocycles. The molecule has 1 atom stereocenters. The molecule has 0 fully saturated rings. The van der Waals surface area contributed by atoms with Gasteiger partial charge in [0.15, 0.2) is 0 Å². The zero-order valence-corrected chi connectivity index (χ0v) is 11.7. The summed E-state index contributed by atoms with van der Waals surface area (Å²) >= 11 is 0. The molecule has 0 aliphatic carbocycles. The first kappa shape index (κ1) is 13.7. The maximum atomic E-state index is 6.04. The summed E-state index contributed by atoms with van der Waals surface area (Å²) in [6, 6.07) is 11.7. The molecular weight excluding hydrogens is 238 g/mol. The average molecular weight is 259 g/mol. The summed E-state index contributed by atoms with van der Waals surface area (Å²) in [5, 5.41) is 0. The molecule has 0 amide bonds. The Hall–Kier alpha value is -1.74. The minimum atomic E-state index is -0.239. The number of ether oxygens (including phenoxy) is 1. The van der Waals surface area contributed by atoms with Crippen LogP contribution >= 0.6 is 0 Å². The van der Waals surface area contributed by atoms with Crippen molar-refractivity contribution in [1.82, 2.24) is 0 Å². The van der Waals surface area contributed by atoms with Crippen LogP contribution < -0.4 is 10.5 Å². The van der Waals surface area contributed by atoms with Gasteiger partial charge in [-0.3, -0.25) is 0 Å². The molecule has 0 aliphatic rings. The van der Waals surface area contributed by atoms with Crippen molar-refractivity contribution in [2.24, 2.45) is 5.73 Å². The third-order valence-corrected chi connectivity index (χ3v) is 3.08. The molecule has 0 saturated heterocycles. The van der Waals surface area contributed by atoms with Crippen LogP contribution in [-0.2, 0) is 0 Å². The van der Waals surface area contributed by atoms with Crippen molar-refractivity contribution < 1.29 is 9.15 Å². The second-order valence-electron chi connectivity index (χ2n) is 5.09. The molecule has 0 aliphatic heterocycles. The Morgan fingerprint density at radius 2 is 2.00 bits per heavy atom. The van der Waals surface area contributed by atoms with Gasteiger partial charge < -0.3 is 14.9 Å². The van der Waals surface area contributed by atoms with Crippen molar-refractivity contribution in [3.8, 4) is 5.75 Å². The number of hydrogen-bond acceptors (Lipinski definition) is 3. The Kier molecular flexibility index (Phi) is 4.27. The molecule has 0 saturated carbocycles. The monoisotopic (exact) mass is 259 g/mol. The maximum Gasteiger partial charge on any atom is 0.124 e. The highest BCUT2D eigenvalue weighted by molar-refractivity contribution is 5.30. The summed E-state index contributed by atoms with van der Waals surface area (Å²) < 4.78 is 11.2. The fraction of sp³-hybridized carbons (Fsp3) is 0.375. The van der Waals surface area contributed by atoms with Crippen LogP contribution in [-0.4, -0.2) is 6.61 Å². The second kappa shape index (κ2) is 5.93. The van der Waals surface area contributed by atoms with Crippen molar-refractivity contribution in [2.45, 2.75) is 32.7 Å². The summed E-state index contributed by atoms with van der Waals surface area (Å²) in [6.07, 6.45) is 0. The topological polar surface area (TPSA) is 48.4 Å². The predicted octanol–water partition coefficient (Wildman–Crippen LogP) is 3.79. The minimum absolute atomic E-state index is 0.239. The minimum Gasteiger partial charge on any atom is -0.491 e. The fourth-order valence-electron chi connectivity index (χ4n) is 1.88. The normalized spacial score (nSPS) is 12.7. The molecule has 0 radical (unpaired) electrons. The number of aryl methyl sites for hydroxylation is 1. The molecule has 1 aromatic heterocycles. The largest absolute Gasteiger partial charge is 0.491 e. The van der Waals surface area contributed by atoms with Crippen LogP contribution in [0.25, 0.3) is 0 Å². The van der Waals surface area contributed by atoms with E-state index < -0.39 is 0 Å². The van der Waals surface area contributed by atoms with Crippen molar-refractivity contribution in [2.75, 3.05) is 6.61 Å². The van der Waals surface area contributed by atoms with Gasteiger partial charge >= 0.3 is 0 Å². The zero-order valence-electron chi connectivity index (χ0n) is 11.7. The molecule has 2 N–H and O–H groups in total. The Bertz CT molecular complexity index is 531. The van der Waals surface area contributed by atoms with E-state index in [1.54, 1.807) is 0 Å². The highest BCUT2D eigenvalue weighted by Crippen LogP contribution is 2.21. The van der Waals surface area contributed by atoms with E-state index in [9.17, 15) is 0 Å². The highest BCUT2D eigenvalue weighted by Gasteiger charge is 2.11. The van der Waals surface area contributed by atoms with Gasteiger partial charge in [-0.15, -0.1) is 0 Å². The van der Waals surface area contributed by atoms with Crippen LogP contribution in [0.4, 0.5) is 0 Å². The Morgan fingerprint density at radius 1 is 1.21 bits per heavy atom. The van der Waals surface area contributed by atoms with Crippen molar-refractivity contribution in [1.29, 1.82) is 0 Å². The van der Waals surface area contributed by atoms with Gasteiger partial charge in [-0.2, -0.15) is 0 Å². The third kappa shape index (κ3) is 3.61. The molecule has 2 aromatic rings. The molecule has 0 bridgehead atoms. The summed E-state index contributed by atoms with van der Waals surface area (Å²) in [5.41, 5.74) is 7.30. The highest BCUT2D eigenvalue weighted by atomic mass is 16.5. The average Bonchev–Trinajstić information content (AvgIpc) is 2.83. The van der Waals surface area contributed by atoms with Gasteiger partial charge in [0.25, 0.3) is 0 Å². The first-order chi connectivity index (χ1) is 9.06. The van der Waals surface area contributed by atoms with E-state index in [0.29, 0.717) is 12.5 Å². The molecule has 1 unspecified atom stereocenters. The van der Waals surface area contributed by atoms with E-state index in [-0.39, 0.29) is 6.04 Å². The van der Waals surface area contributed by atoms with Crippen LogP contribution in [0.2, 0.25) is 0 Å². The summed E-state index contributed by atoms with van der Waals surface area (Å²) in [6.45, 7) is 6.64. The Morgan fingerprint density at radius 3 is 2.63 bits per heavy atom. The van der Waals surface area contributed by atoms with Gasteiger partial charge in [0.2, 0.25) is 0 Å². The molecule has 3 heteroatoms. The van der Waals surface area contributed by atoms with Crippen LogP contribution in [0, 0.1) is 6.92 Å². The molecule has 19 heavy (non-hydrogen) atoms. The summed E-state index contributed by atoms with van der Waals surface area (Å²) in [4.78, 5) is 0. The fourth-order valence-corrected chi connectivity index (χ4v) is 1.88. The van der Waals surface area contributed by atoms with E-state index in [0.717, 1.165) is 17.3 Å². The number of furan rings is 1. The summed E-state index contributed by atoms with van der Waals surface area (Å²) in [5.74, 6) is 2.97. The lowest BCUT2D eigenvalue weighted by molar-refractivity contribution is 0.271. The molecule has 2 rings (SSSR count). The standard InChI is InChI=1S/C16H21NO2/c1-11(2)13-5-4-6-14(9-13)18-10-15(17)16-8-7-12(3)19-16/h4-9,11,15H,10,17H2,1-3H3. The number of benzene rings is 1. The predicted molar refractivity (Wildman–Crippen MR) is 76.4 cm³/mol. The summed E-state index contributed by atoms with van der Waals surface area (Å²) in [7, 11) is 0. The molecule has 102 valence electrons. The van der Waals surface area contributed by atoms with E-state index in [1.165, 1.54) is 5.56 Å². The first-order valence-electron chi connectivity index (χ1n) is 6.61. The van der Waals surface area contributed by atoms with Gasteiger partial charge in [0.1, 0.15) is 23.9 Å². The molecule has 0 spiro atoms. The van der Waals surface area contributed by atoms with E-state index >= 15 is 0 Å². The first-order valence-corrected chi connectivity index (χ1v) is 6.61. The van der Waals surface area contributed by atoms with Gasteiger partial charge in [-0.05, 0) is 42.7 Å². The molecule has 1 heterocycles. The van der Waals surface area contributed by atoms with Gasteiger partial charge in [-0.25, -0.2) is 0 Å². The quantitative estimate of drug-likeness (QED) is 0.888. The van der Waals surface area contributed by atoms with E-state index in [1.807, 2.05) is 31.2 Å². The molecule has 3 nitrogen and oxygen atoms in total. The zero-order chi connectivity index (χ0) is 13.8. The number of nitrogens with two attached hydrogens (primary N) is 1. The van der Waals surface area contributed by atoms with Crippen molar-refractivity contribution in [3.63, 3.8) is 0 Å². The number of rotatable bonds is 5. The van der Waals surface area contributed by atoms with Crippen LogP contribution in [0.5, 0.6) is 5.75 Å². The lowest BCUT2D eigenvalue weighted by atomic mass is 10.0. The van der Waals surface area contributed by atoms with Crippen LogP contribution in [0.1, 0.15) is 42.9 Å². The van der Waals surface area contributed by atoms with Crippen molar-refractivity contribution >= 4 is 0 Å². The van der Waals surface area contributed by atoms with Gasteiger partial charge in [0.05, 0.1) is 6.04 Å². The Labute approximate surface area is 114 Å².